The molecule has 1 N–H and O–H groups in total. The zero-order valence-electron chi connectivity index (χ0n) is 19.5. The van der Waals surface area contributed by atoms with Gasteiger partial charge in [0, 0.05) is 22.7 Å². The van der Waals surface area contributed by atoms with Gasteiger partial charge in [0.15, 0.2) is 5.84 Å². The van der Waals surface area contributed by atoms with Gasteiger partial charge in [0.05, 0.1) is 19.2 Å². The number of hydrogen-bond acceptors (Lipinski definition) is 6. The number of ether oxygens (including phenoxy) is 2. The Balaban J connectivity index is 1.39. The summed E-state index contributed by atoms with van der Waals surface area (Å²) in [5.74, 6) is 1.19. The van der Waals surface area contributed by atoms with Crippen molar-refractivity contribution in [3.63, 3.8) is 0 Å². The van der Waals surface area contributed by atoms with E-state index < -0.39 is 5.91 Å². The number of carbonyl (C=O) groups is 1. The third-order valence-corrected chi connectivity index (χ3v) is 6.71. The minimum atomic E-state index is -0.415. The molecular formula is C26H25N5O3S. The van der Waals surface area contributed by atoms with Gasteiger partial charge >= 0.3 is 0 Å². The number of benzene rings is 2. The summed E-state index contributed by atoms with van der Waals surface area (Å²) >= 11 is 1.36. The monoisotopic (exact) mass is 487 g/mol. The lowest BCUT2D eigenvalue weighted by atomic mass is 10.1. The van der Waals surface area contributed by atoms with E-state index in [4.69, 9.17) is 14.9 Å². The fourth-order valence-electron chi connectivity index (χ4n) is 4.01. The maximum Gasteiger partial charge on any atom is 0.283 e. The molecule has 3 heterocycles. The molecule has 0 unspecified atom stereocenters. The molecule has 2 aliphatic heterocycles. The summed E-state index contributed by atoms with van der Waals surface area (Å²) in [6.07, 6.45) is 5.47. The number of hydrogen-bond donors (Lipinski definition) is 1. The minimum Gasteiger partial charge on any atom is -0.497 e. The van der Waals surface area contributed by atoms with Crippen molar-refractivity contribution in [3.8, 4) is 11.5 Å². The van der Waals surface area contributed by atoms with E-state index in [1.165, 1.54) is 16.8 Å². The van der Waals surface area contributed by atoms with Gasteiger partial charge in [0.2, 0.25) is 5.17 Å². The van der Waals surface area contributed by atoms with Gasteiger partial charge in [-0.2, -0.15) is 15.1 Å². The molecule has 8 nitrogen and oxygen atoms in total. The summed E-state index contributed by atoms with van der Waals surface area (Å²) in [5.41, 5.74) is 2.10. The van der Waals surface area contributed by atoms with E-state index in [2.05, 4.69) is 21.6 Å². The maximum atomic E-state index is 12.8. The topological polar surface area (TPSA) is 92.3 Å². The summed E-state index contributed by atoms with van der Waals surface area (Å²) < 4.78 is 13.2. The largest absolute Gasteiger partial charge is 0.497 e. The predicted molar refractivity (Wildman–Crippen MR) is 140 cm³/mol. The van der Waals surface area contributed by atoms with Crippen LogP contribution in [-0.2, 0) is 11.3 Å². The molecule has 2 aliphatic rings. The molecular weight excluding hydrogens is 462 g/mol. The van der Waals surface area contributed by atoms with Crippen molar-refractivity contribution in [2.75, 3.05) is 13.7 Å². The van der Waals surface area contributed by atoms with Crippen molar-refractivity contribution in [2.24, 2.45) is 10.1 Å². The number of nitrogens with one attached hydrogen (secondary N) is 1. The number of para-hydroxylation sites is 1. The second kappa shape index (κ2) is 9.79. The molecule has 2 aromatic carbocycles. The van der Waals surface area contributed by atoms with Gasteiger partial charge in [-0.25, -0.2) is 0 Å². The van der Waals surface area contributed by atoms with Crippen LogP contribution in [0.4, 0.5) is 0 Å². The van der Waals surface area contributed by atoms with Gasteiger partial charge in [-0.1, -0.05) is 25.1 Å². The first-order valence-corrected chi connectivity index (χ1v) is 12.2. The highest BCUT2D eigenvalue weighted by Gasteiger charge is 2.35. The fraction of sp³-hybridized carbons (Fsp3) is 0.231. The molecule has 0 aliphatic carbocycles. The lowest BCUT2D eigenvalue weighted by Crippen LogP contribution is -2.35. The second-order valence-electron chi connectivity index (χ2n) is 8.08. The van der Waals surface area contributed by atoms with Crippen molar-refractivity contribution in [1.29, 1.82) is 5.41 Å². The van der Waals surface area contributed by atoms with Gasteiger partial charge in [-0.3, -0.25) is 10.2 Å². The van der Waals surface area contributed by atoms with Crippen LogP contribution in [0.1, 0.15) is 25.3 Å². The molecule has 1 amide bonds. The molecule has 1 aromatic heterocycles. The highest BCUT2D eigenvalue weighted by molar-refractivity contribution is 8.26. The van der Waals surface area contributed by atoms with Crippen molar-refractivity contribution >= 4 is 50.7 Å². The quantitative estimate of drug-likeness (QED) is 0.444. The average molecular weight is 488 g/mol. The van der Waals surface area contributed by atoms with Gasteiger partial charge < -0.3 is 14.0 Å². The van der Waals surface area contributed by atoms with Crippen LogP contribution in [0, 0.1) is 5.41 Å². The number of hydrazone groups is 1. The van der Waals surface area contributed by atoms with E-state index in [0.29, 0.717) is 18.3 Å². The van der Waals surface area contributed by atoms with Crippen molar-refractivity contribution < 1.29 is 14.3 Å². The molecule has 35 heavy (non-hydrogen) atoms. The zero-order chi connectivity index (χ0) is 24.4. The first-order chi connectivity index (χ1) is 17.1. The van der Waals surface area contributed by atoms with Crippen LogP contribution in [-0.4, -0.2) is 45.2 Å². The van der Waals surface area contributed by atoms with Crippen molar-refractivity contribution in [3.05, 3.63) is 65.9 Å². The molecule has 0 atom stereocenters. The van der Waals surface area contributed by atoms with Gasteiger partial charge in [0.1, 0.15) is 23.1 Å². The molecule has 3 aromatic rings. The number of amides is 1. The number of aliphatic imine (C=N–C) groups is 1. The molecule has 0 spiro atoms. The van der Waals surface area contributed by atoms with Crippen LogP contribution < -0.4 is 9.47 Å². The minimum absolute atomic E-state index is 0.0540. The Kier molecular flexibility index (Phi) is 6.41. The van der Waals surface area contributed by atoms with E-state index in [9.17, 15) is 4.79 Å². The lowest BCUT2D eigenvalue weighted by Gasteiger charge is -2.20. The number of rotatable bonds is 8. The number of methoxy groups -OCH3 is 1. The van der Waals surface area contributed by atoms with Crippen LogP contribution in [0.15, 0.2) is 70.4 Å². The molecule has 0 saturated heterocycles. The van der Waals surface area contributed by atoms with Crippen LogP contribution in [0.5, 0.6) is 11.5 Å². The standard InChI is InChI=1S/C26H25N5O3S/c1-3-6-23-29-31-24(27)21(25(32)28-26(31)35-23)15-17-16-30(22-8-5-4-7-20(17)22)13-14-34-19-11-9-18(33-2)10-12-19/h4-5,7-12,15-16,27H,3,6,13-14H2,1-2H3. The van der Waals surface area contributed by atoms with Gasteiger partial charge in [0.25, 0.3) is 5.91 Å². The van der Waals surface area contributed by atoms with Crippen LogP contribution in [0.25, 0.3) is 17.0 Å². The maximum absolute atomic E-state index is 12.8. The molecule has 9 heteroatoms. The summed E-state index contributed by atoms with van der Waals surface area (Å²) in [5, 5.41) is 16.9. The number of thioether (sulfide) groups is 1. The summed E-state index contributed by atoms with van der Waals surface area (Å²) in [6.45, 7) is 3.17. The first kappa shape index (κ1) is 22.9. The first-order valence-electron chi connectivity index (χ1n) is 11.4. The van der Waals surface area contributed by atoms with E-state index in [1.54, 1.807) is 13.2 Å². The fourth-order valence-corrected chi connectivity index (χ4v) is 5.00. The average Bonchev–Trinajstić information content (AvgIpc) is 3.43. The summed E-state index contributed by atoms with van der Waals surface area (Å²) in [6, 6.07) is 15.5. The summed E-state index contributed by atoms with van der Waals surface area (Å²) in [4.78, 5) is 17.0. The highest BCUT2D eigenvalue weighted by atomic mass is 32.2. The Morgan fingerprint density at radius 2 is 1.89 bits per heavy atom. The zero-order valence-corrected chi connectivity index (χ0v) is 20.3. The third kappa shape index (κ3) is 4.59. The van der Waals surface area contributed by atoms with Crippen LogP contribution in [0.2, 0.25) is 0 Å². The number of nitrogens with zero attached hydrogens (tertiary/aromatic N) is 4. The molecule has 5 rings (SSSR count). The van der Waals surface area contributed by atoms with Crippen molar-refractivity contribution in [1.82, 2.24) is 9.58 Å². The van der Waals surface area contributed by atoms with Gasteiger partial charge in [-0.15, -0.1) is 0 Å². The molecule has 0 bridgehead atoms. The van der Waals surface area contributed by atoms with E-state index in [-0.39, 0.29) is 11.4 Å². The second-order valence-corrected chi connectivity index (χ2v) is 9.12. The number of amidine groups is 2. The van der Waals surface area contributed by atoms with E-state index in [1.807, 2.05) is 54.7 Å². The van der Waals surface area contributed by atoms with Crippen LogP contribution in [0.3, 0.4) is 0 Å². The normalized spacial score (nSPS) is 16.5. The smallest absolute Gasteiger partial charge is 0.283 e. The number of aromatic nitrogens is 1. The molecule has 0 saturated carbocycles. The lowest BCUT2D eigenvalue weighted by molar-refractivity contribution is -0.114. The Morgan fingerprint density at radius 1 is 1.11 bits per heavy atom. The Morgan fingerprint density at radius 3 is 2.66 bits per heavy atom. The predicted octanol–water partition coefficient (Wildman–Crippen LogP) is 5.15. The molecule has 178 valence electrons. The third-order valence-electron chi connectivity index (χ3n) is 5.74. The Bertz CT molecular complexity index is 1390. The Hall–Kier alpha value is -3.85. The van der Waals surface area contributed by atoms with Crippen LogP contribution >= 0.6 is 11.8 Å². The van der Waals surface area contributed by atoms with E-state index in [0.717, 1.165) is 45.9 Å². The molecule has 0 fully saturated rings. The van der Waals surface area contributed by atoms with Gasteiger partial charge in [-0.05, 0) is 61.0 Å². The number of carbonyl (C=O) groups excluding carboxylic acids is 1. The molecule has 0 radical (unpaired) electrons. The Labute approximate surface area is 207 Å². The summed E-state index contributed by atoms with van der Waals surface area (Å²) in [7, 11) is 1.63. The number of fused-ring (bicyclic) bond motifs is 2. The SMILES string of the molecule is CCCC1=NN2C(=N)C(=Cc3cn(CCOc4ccc(OC)cc4)c4ccccc34)C(=O)N=C2S1. The van der Waals surface area contributed by atoms with E-state index >= 15 is 0 Å². The van der Waals surface area contributed by atoms with Crippen molar-refractivity contribution in [2.45, 2.75) is 26.3 Å². The highest BCUT2D eigenvalue weighted by Crippen LogP contribution is 2.31.